The van der Waals surface area contributed by atoms with E-state index in [1.54, 1.807) is 0 Å². The van der Waals surface area contributed by atoms with Crippen LogP contribution in [0.1, 0.15) is 25.3 Å². The summed E-state index contributed by atoms with van der Waals surface area (Å²) in [6.07, 6.45) is 2.26. The number of aryl methyl sites for hydroxylation is 1. The van der Waals surface area contributed by atoms with Gasteiger partial charge in [0.25, 0.3) is 0 Å². The Kier molecular flexibility index (Phi) is 3.54. The lowest BCUT2D eigenvalue weighted by Gasteiger charge is -2.20. The molecule has 3 nitrogen and oxygen atoms in total. The summed E-state index contributed by atoms with van der Waals surface area (Å²) < 4.78 is 11.3. The Labute approximate surface area is 96.8 Å². The smallest absolute Gasteiger partial charge is 0.146 e. The quantitative estimate of drug-likeness (QED) is 0.832. The van der Waals surface area contributed by atoms with Gasteiger partial charge in [0.1, 0.15) is 11.5 Å². The number of anilines is 1. The minimum Gasteiger partial charge on any atom is -0.494 e. The van der Waals surface area contributed by atoms with Gasteiger partial charge in [-0.15, -0.1) is 0 Å². The molecular formula is C13H19NO2. The van der Waals surface area contributed by atoms with E-state index in [-0.39, 0.29) is 0 Å². The summed E-state index contributed by atoms with van der Waals surface area (Å²) in [5, 5.41) is 3.42. The van der Waals surface area contributed by atoms with Crippen molar-refractivity contribution in [3.63, 3.8) is 0 Å². The highest BCUT2D eigenvalue weighted by Crippen LogP contribution is 2.34. The van der Waals surface area contributed by atoms with Crippen LogP contribution >= 0.6 is 0 Å². The van der Waals surface area contributed by atoms with Gasteiger partial charge in [0.15, 0.2) is 0 Å². The van der Waals surface area contributed by atoms with Crippen molar-refractivity contribution in [2.75, 3.05) is 25.1 Å². The molecule has 1 aliphatic heterocycles. The second-order valence-corrected chi connectivity index (χ2v) is 4.03. The minimum atomic E-state index is 0.686. The molecule has 0 saturated heterocycles. The summed E-state index contributed by atoms with van der Waals surface area (Å²) in [5.74, 6) is 1.81. The van der Waals surface area contributed by atoms with Crippen LogP contribution in [0.4, 0.5) is 5.69 Å². The van der Waals surface area contributed by atoms with Crippen molar-refractivity contribution < 1.29 is 9.47 Å². The van der Waals surface area contributed by atoms with E-state index < -0.39 is 0 Å². The molecule has 0 aromatic heterocycles. The second-order valence-electron chi connectivity index (χ2n) is 4.03. The van der Waals surface area contributed by atoms with Gasteiger partial charge in [0.05, 0.1) is 18.9 Å². The highest BCUT2D eigenvalue weighted by Gasteiger charge is 2.11. The third kappa shape index (κ3) is 2.40. The van der Waals surface area contributed by atoms with Crippen molar-refractivity contribution in [2.24, 2.45) is 0 Å². The largest absolute Gasteiger partial charge is 0.494 e. The van der Waals surface area contributed by atoms with Crippen molar-refractivity contribution in [1.82, 2.24) is 0 Å². The highest BCUT2D eigenvalue weighted by molar-refractivity contribution is 5.64. The summed E-state index contributed by atoms with van der Waals surface area (Å²) in [6, 6.07) is 4.03. The summed E-state index contributed by atoms with van der Waals surface area (Å²) in [6.45, 7) is 6.57. The van der Waals surface area contributed by atoms with E-state index in [2.05, 4.69) is 18.3 Å². The number of hydrogen-bond acceptors (Lipinski definition) is 3. The predicted octanol–water partition coefficient (Wildman–Crippen LogP) is 2.98. The van der Waals surface area contributed by atoms with Crippen LogP contribution in [-0.4, -0.2) is 19.8 Å². The molecule has 0 bridgehead atoms. The van der Waals surface area contributed by atoms with Gasteiger partial charge < -0.3 is 14.8 Å². The molecule has 0 spiro atoms. The maximum absolute atomic E-state index is 5.75. The van der Waals surface area contributed by atoms with Crippen LogP contribution in [0.25, 0.3) is 0 Å². The molecule has 1 N–H and O–H groups in total. The minimum absolute atomic E-state index is 0.686. The fraction of sp³-hybridized carbons (Fsp3) is 0.538. The van der Waals surface area contributed by atoms with Crippen LogP contribution in [0.5, 0.6) is 11.5 Å². The zero-order valence-corrected chi connectivity index (χ0v) is 10.0. The Balaban J connectivity index is 2.31. The van der Waals surface area contributed by atoms with Gasteiger partial charge in [-0.1, -0.05) is 0 Å². The van der Waals surface area contributed by atoms with Gasteiger partial charge in [-0.3, -0.25) is 0 Å². The number of hydrogen-bond donors (Lipinski definition) is 1. The zero-order valence-electron chi connectivity index (χ0n) is 10.0. The standard InChI is InChI=1S/C13H19NO2/c1-3-15-11-8-10(2)13-12(9-11)16-7-5-4-6-14-13/h8-9,14H,3-7H2,1-2H3. The van der Waals surface area contributed by atoms with Gasteiger partial charge in [-0.2, -0.15) is 0 Å². The van der Waals surface area contributed by atoms with E-state index in [1.807, 2.05) is 13.0 Å². The molecule has 1 heterocycles. The monoisotopic (exact) mass is 221 g/mol. The predicted molar refractivity (Wildman–Crippen MR) is 65.6 cm³/mol. The molecule has 0 saturated carbocycles. The molecule has 2 rings (SSSR count). The molecule has 16 heavy (non-hydrogen) atoms. The van der Waals surface area contributed by atoms with Crippen molar-refractivity contribution in [1.29, 1.82) is 0 Å². The fourth-order valence-electron chi connectivity index (χ4n) is 1.94. The Morgan fingerprint density at radius 2 is 2.25 bits per heavy atom. The summed E-state index contributed by atoms with van der Waals surface area (Å²) >= 11 is 0. The molecule has 1 aromatic carbocycles. The van der Waals surface area contributed by atoms with Crippen molar-refractivity contribution >= 4 is 5.69 Å². The van der Waals surface area contributed by atoms with Crippen molar-refractivity contribution in [2.45, 2.75) is 26.7 Å². The van der Waals surface area contributed by atoms with Crippen LogP contribution in [0.3, 0.4) is 0 Å². The average Bonchev–Trinajstić information content (AvgIpc) is 2.21. The molecule has 0 aliphatic carbocycles. The molecule has 88 valence electrons. The summed E-state index contributed by atoms with van der Waals surface area (Å²) in [5.41, 5.74) is 2.30. The van der Waals surface area contributed by atoms with Crippen molar-refractivity contribution in [3.05, 3.63) is 17.7 Å². The second kappa shape index (κ2) is 5.10. The normalized spacial score (nSPS) is 15.1. The Hall–Kier alpha value is -1.38. The maximum Gasteiger partial charge on any atom is 0.146 e. The SMILES string of the molecule is CCOc1cc(C)c2c(c1)OCCCCN2. The van der Waals surface area contributed by atoms with Crippen LogP contribution in [-0.2, 0) is 0 Å². The molecule has 0 fully saturated rings. The van der Waals surface area contributed by atoms with Crippen LogP contribution in [0.15, 0.2) is 12.1 Å². The van der Waals surface area contributed by atoms with E-state index in [0.29, 0.717) is 6.61 Å². The van der Waals surface area contributed by atoms with E-state index in [1.165, 1.54) is 5.56 Å². The Bertz CT molecular complexity index is 363. The van der Waals surface area contributed by atoms with Crippen LogP contribution in [0.2, 0.25) is 0 Å². The highest BCUT2D eigenvalue weighted by atomic mass is 16.5. The van der Waals surface area contributed by atoms with Crippen LogP contribution < -0.4 is 14.8 Å². The van der Waals surface area contributed by atoms with Crippen LogP contribution in [0, 0.1) is 6.92 Å². The summed E-state index contributed by atoms with van der Waals surface area (Å²) in [4.78, 5) is 0. The Morgan fingerprint density at radius 1 is 1.38 bits per heavy atom. The summed E-state index contributed by atoms with van der Waals surface area (Å²) in [7, 11) is 0. The van der Waals surface area contributed by atoms with E-state index in [9.17, 15) is 0 Å². The van der Waals surface area contributed by atoms with Crippen molar-refractivity contribution in [3.8, 4) is 11.5 Å². The molecule has 1 aliphatic rings. The maximum atomic E-state index is 5.75. The first-order valence-electron chi connectivity index (χ1n) is 5.95. The van der Waals surface area contributed by atoms with E-state index in [4.69, 9.17) is 9.47 Å². The first kappa shape index (κ1) is 11.1. The molecule has 1 aromatic rings. The number of rotatable bonds is 2. The third-order valence-corrected chi connectivity index (χ3v) is 2.71. The van der Waals surface area contributed by atoms with E-state index in [0.717, 1.165) is 43.2 Å². The topological polar surface area (TPSA) is 30.5 Å². The number of ether oxygens (including phenoxy) is 2. The third-order valence-electron chi connectivity index (χ3n) is 2.71. The fourth-order valence-corrected chi connectivity index (χ4v) is 1.94. The van der Waals surface area contributed by atoms with Gasteiger partial charge in [-0.05, 0) is 38.3 Å². The molecule has 0 amide bonds. The number of benzene rings is 1. The van der Waals surface area contributed by atoms with Gasteiger partial charge >= 0.3 is 0 Å². The molecule has 0 atom stereocenters. The van der Waals surface area contributed by atoms with Gasteiger partial charge in [-0.25, -0.2) is 0 Å². The first-order chi connectivity index (χ1) is 7.81. The number of nitrogens with one attached hydrogen (secondary N) is 1. The molecule has 3 heteroatoms. The molecular weight excluding hydrogens is 202 g/mol. The molecule has 0 unspecified atom stereocenters. The lowest BCUT2D eigenvalue weighted by molar-refractivity contribution is 0.299. The lowest BCUT2D eigenvalue weighted by atomic mass is 10.1. The zero-order chi connectivity index (χ0) is 11.4. The average molecular weight is 221 g/mol. The lowest BCUT2D eigenvalue weighted by Crippen LogP contribution is -2.12. The Morgan fingerprint density at radius 3 is 3.06 bits per heavy atom. The first-order valence-corrected chi connectivity index (χ1v) is 5.95. The van der Waals surface area contributed by atoms with Gasteiger partial charge in [0, 0.05) is 12.6 Å². The van der Waals surface area contributed by atoms with Gasteiger partial charge in [0.2, 0.25) is 0 Å². The molecule has 0 radical (unpaired) electrons. The van der Waals surface area contributed by atoms with E-state index >= 15 is 0 Å². The number of fused-ring (bicyclic) bond motifs is 1.